The molecule has 1 aliphatic rings. The van der Waals surface area contributed by atoms with Gasteiger partial charge in [-0.25, -0.2) is 0 Å². The van der Waals surface area contributed by atoms with E-state index in [-0.39, 0.29) is 11.9 Å². The Hall–Kier alpha value is -1.92. The van der Waals surface area contributed by atoms with Crippen molar-refractivity contribution in [3.8, 4) is 0 Å². The van der Waals surface area contributed by atoms with Gasteiger partial charge in [-0.15, -0.1) is 0 Å². The molecule has 1 aromatic carbocycles. The van der Waals surface area contributed by atoms with Gasteiger partial charge in [0.25, 0.3) is 0 Å². The molecule has 6 nitrogen and oxygen atoms in total. The maximum absolute atomic E-state index is 12.6. The molecule has 0 radical (unpaired) electrons. The molecule has 1 fully saturated rings. The summed E-state index contributed by atoms with van der Waals surface area (Å²) in [5.41, 5.74) is 0.810. The number of hydrogen-bond donors (Lipinski definition) is 2. The molecule has 0 bridgehead atoms. The number of aliphatic hydroxyl groups is 1. The third-order valence-electron chi connectivity index (χ3n) is 5.89. The van der Waals surface area contributed by atoms with Gasteiger partial charge in [0.15, 0.2) is 0 Å². The number of carbonyl (C=O) groups excluding carboxylic acids is 2. The summed E-state index contributed by atoms with van der Waals surface area (Å²) >= 11 is 0. The quantitative estimate of drug-likeness (QED) is 0.360. The molecule has 1 saturated heterocycles. The normalized spacial score (nSPS) is 16.8. The smallest absolute Gasteiger partial charge is 0.220 e. The molecule has 2 amide bonds. The fourth-order valence-electron chi connectivity index (χ4n) is 3.96. The summed E-state index contributed by atoms with van der Waals surface area (Å²) in [7, 11) is 0. The van der Waals surface area contributed by atoms with Crippen molar-refractivity contribution in [3.05, 3.63) is 35.9 Å². The van der Waals surface area contributed by atoms with Crippen LogP contribution in [-0.2, 0) is 9.59 Å². The second-order valence-electron chi connectivity index (χ2n) is 8.34. The Balaban J connectivity index is 1.84. The van der Waals surface area contributed by atoms with Gasteiger partial charge in [0.1, 0.15) is 6.10 Å². The highest BCUT2D eigenvalue weighted by Crippen LogP contribution is 2.18. The molecule has 0 saturated carbocycles. The molecule has 0 spiro atoms. The summed E-state index contributed by atoms with van der Waals surface area (Å²) in [4.78, 5) is 27.5. The number of nitrogens with one attached hydrogen (secondary N) is 1. The van der Waals surface area contributed by atoms with Crippen molar-refractivity contribution in [3.63, 3.8) is 0 Å². The predicted molar refractivity (Wildman–Crippen MR) is 120 cm³/mol. The number of piperazine rings is 1. The van der Waals surface area contributed by atoms with Crippen LogP contribution in [-0.4, -0.2) is 66.0 Å². The second kappa shape index (κ2) is 14.1. The molecule has 168 valence electrons. The minimum Gasteiger partial charge on any atom is -0.386 e. The van der Waals surface area contributed by atoms with E-state index in [0.29, 0.717) is 26.1 Å². The first-order valence-corrected chi connectivity index (χ1v) is 11.6. The molecule has 6 heteroatoms. The van der Waals surface area contributed by atoms with Gasteiger partial charge in [-0.3, -0.25) is 14.5 Å². The van der Waals surface area contributed by atoms with Gasteiger partial charge in [0.2, 0.25) is 12.3 Å². The van der Waals surface area contributed by atoms with E-state index in [4.69, 9.17) is 0 Å². The zero-order valence-corrected chi connectivity index (χ0v) is 18.5. The van der Waals surface area contributed by atoms with Gasteiger partial charge >= 0.3 is 0 Å². The van der Waals surface area contributed by atoms with Crippen molar-refractivity contribution in [2.45, 2.75) is 70.4 Å². The fourth-order valence-corrected chi connectivity index (χ4v) is 3.96. The standard InChI is InChI=1S/C24H39N3O3/c1-2-3-4-5-6-7-11-14-23(29)25-22(24(30)21-12-9-8-10-13-21)19-26-15-17-27(20-28)18-16-26/h8-10,12-13,20,22,24,30H,2-7,11,14-19H2,1H3,(H,25,29). The predicted octanol–water partition coefficient (Wildman–Crippen LogP) is 3.12. The lowest BCUT2D eigenvalue weighted by Crippen LogP contribution is -2.52. The summed E-state index contributed by atoms with van der Waals surface area (Å²) < 4.78 is 0. The molecule has 1 aromatic rings. The average Bonchev–Trinajstić information content (AvgIpc) is 2.78. The number of unbranched alkanes of at least 4 members (excludes halogenated alkanes) is 6. The van der Waals surface area contributed by atoms with Crippen molar-refractivity contribution in [1.82, 2.24) is 15.1 Å². The summed E-state index contributed by atoms with van der Waals surface area (Å²) in [6.45, 7) is 5.67. The second-order valence-corrected chi connectivity index (χ2v) is 8.34. The number of benzene rings is 1. The maximum Gasteiger partial charge on any atom is 0.220 e. The molecule has 1 heterocycles. The SMILES string of the molecule is CCCCCCCCCC(=O)NC(CN1CCN(C=O)CC1)C(O)c1ccccc1. The number of rotatable bonds is 14. The molecular formula is C24H39N3O3. The summed E-state index contributed by atoms with van der Waals surface area (Å²) in [5, 5.41) is 14.0. The van der Waals surface area contributed by atoms with Crippen molar-refractivity contribution in [2.24, 2.45) is 0 Å². The van der Waals surface area contributed by atoms with Crippen LogP contribution in [0.4, 0.5) is 0 Å². The van der Waals surface area contributed by atoms with E-state index in [1.54, 1.807) is 4.90 Å². The van der Waals surface area contributed by atoms with E-state index in [1.165, 1.54) is 32.1 Å². The van der Waals surface area contributed by atoms with E-state index in [1.807, 2.05) is 30.3 Å². The third-order valence-corrected chi connectivity index (χ3v) is 5.89. The van der Waals surface area contributed by atoms with Gasteiger partial charge in [0, 0.05) is 39.1 Å². The number of carbonyl (C=O) groups is 2. The van der Waals surface area contributed by atoms with Crippen LogP contribution in [0, 0.1) is 0 Å². The van der Waals surface area contributed by atoms with Crippen LogP contribution in [0.3, 0.4) is 0 Å². The van der Waals surface area contributed by atoms with E-state index in [2.05, 4.69) is 17.1 Å². The van der Waals surface area contributed by atoms with Gasteiger partial charge in [-0.1, -0.05) is 75.8 Å². The molecule has 30 heavy (non-hydrogen) atoms. The van der Waals surface area contributed by atoms with Gasteiger partial charge in [0.05, 0.1) is 6.04 Å². The minimum atomic E-state index is -0.756. The molecule has 0 aromatic heterocycles. The molecular weight excluding hydrogens is 378 g/mol. The van der Waals surface area contributed by atoms with Crippen LogP contribution in [0.5, 0.6) is 0 Å². The van der Waals surface area contributed by atoms with E-state index in [9.17, 15) is 14.7 Å². The lowest BCUT2D eigenvalue weighted by atomic mass is 10.0. The number of hydrogen-bond acceptors (Lipinski definition) is 4. The summed E-state index contributed by atoms with van der Waals surface area (Å²) in [6, 6.07) is 9.14. The molecule has 1 aliphatic heterocycles. The van der Waals surface area contributed by atoms with Crippen LogP contribution < -0.4 is 5.32 Å². The zero-order valence-electron chi connectivity index (χ0n) is 18.5. The van der Waals surface area contributed by atoms with E-state index < -0.39 is 6.10 Å². The van der Waals surface area contributed by atoms with E-state index in [0.717, 1.165) is 37.9 Å². The number of amides is 2. The van der Waals surface area contributed by atoms with Crippen LogP contribution in [0.2, 0.25) is 0 Å². The largest absolute Gasteiger partial charge is 0.386 e. The highest BCUT2D eigenvalue weighted by atomic mass is 16.3. The topological polar surface area (TPSA) is 72.9 Å². The van der Waals surface area contributed by atoms with E-state index >= 15 is 0 Å². The van der Waals surface area contributed by atoms with Crippen molar-refractivity contribution >= 4 is 12.3 Å². The first-order chi connectivity index (χ1) is 14.6. The molecule has 2 unspecified atom stereocenters. The van der Waals surface area contributed by atoms with Crippen LogP contribution >= 0.6 is 0 Å². The van der Waals surface area contributed by atoms with Gasteiger partial charge in [-0.05, 0) is 12.0 Å². The van der Waals surface area contributed by atoms with Crippen LogP contribution in [0.1, 0.15) is 70.0 Å². The Morgan fingerprint density at radius 3 is 2.30 bits per heavy atom. The lowest BCUT2D eigenvalue weighted by Gasteiger charge is -2.36. The average molecular weight is 418 g/mol. The Bertz CT molecular complexity index is 603. The number of aliphatic hydroxyl groups excluding tert-OH is 1. The summed E-state index contributed by atoms with van der Waals surface area (Å²) in [6.07, 6.45) is 8.86. The summed E-state index contributed by atoms with van der Waals surface area (Å²) in [5.74, 6) is 0.00932. The Labute approximate surface area is 181 Å². The van der Waals surface area contributed by atoms with Crippen LogP contribution in [0.25, 0.3) is 0 Å². The zero-order chi connectivity index (χ0) is 21.6. The van der Waals surface area contributed by atoms with Crippen molar-refractivity contribution in [1.29, 1.82) is 0 Å². The number of nitrogens with zero attached hydrogens (tertiary/aromatic N) is 2. The fraction of sp³-hybridized carbons (Fsp3) is 0.667. The Morgan fingerprint density at radius 1 is 1.03 bits per heavy atom. The van der Waals surface area contributed by atoms with Gasteiger partial charge in [-0.2, -0.15) is 0 Å². The molecule has 2 rings (SSSR count). The monoisotopic (exact) mass is 417 g/mol. The van der Waals surface area contributed by atoms with Crippen molar-refractivity contribution in [2.75, 3.05) is 32.7 Å². The highest BCUT2D eigenvalue weighted by Gasteiger charge is 2.26. The minimum absolute atomic E-state index is 0.00932. The molecule has 2 atom stereocenters. The third kappa shape index (κ3) is 8.84. The van der Waals surface area contributed by atoms with Crippen molar-refractivity contribution < 1.29 is 14.7 Å². The Morgan fingerprint density at radius 2 is 1.67 bits per heavy atom. The van der Waals surface area contributed by atoms with Crippen LogP contribution in [0.15, 0.2) is 30.3 Å². The molecule has 0 aliphatic carbocycles. The first kappa shape index (κ1) is 24.4. The lowest BCUT2D eigenvalue weighted by molar-refractivity contribution is -0.123. The first-order valence-electron chi connectivity index (χ1n) is 11.6. The van der Waals surface area contributed by atoms with Gasteiger partial charge < -0.3 is 15.3 Å². The Kier molecular flexibility index (Phi) is 11.5. The molecule has 2 N–H and O–H groups in total. The maximum atomic E-state index is 12.6. The highest BCUT2D eigenvalue weighted by molar-refractivity contribution is 5.76.